The van der Waals surface area contributed by atoms with Crippen LogP contribution in [0.1, 0.15) is 61.6 Å². The van der Waals surface area contributed by atoms with E-state index in [4.69, 9.17) is 4.98 Å². The summed E-state index contributed by atoms with van der Waals surface area (Å²) in [7, 11) is 0. The molecular weight excluding hydrogens is 408 g/mol. The number of hydrogen-bond donors (Lipinski definition) is 1. The van der Waals surface area contributed by atoms with Crippen molar-refractivity contribution in [2.45, 2.75) is 53.0 Å². The smallest absolute Gasteiger partial charge is 0.258 e. The lowest BCUT2D eigenvalue weighted by Gasteiger charge is -2.12. The SMILES string of the molecule is Cc1ccc(-c2cc(C(=O)Nc3nnc(C(C)(C)C)s3)c3cnn(C(C)C)c3n2)cc1. The number of carbonyl (C=O) groups excluding carboxylic acids is 1. The number of nitrogens with zero attached hydrogens (tertiary/aromatic N) is 5. The van der Waals surface area contributed by atoms with Gasteiger partial charge in [-0.1, -0.05) is 61.9 Å². The Morgan fingerprint density at radius 2 is 1.84 bits per heavy atom. The van der Waals surface area contributed by atoms with E-state index in [0.717, 1.165) is 16.3 Å². The maximum Gasteiger partial charge on any atom is 0.258 e. The molecule has 0 unspecified atom stereocenters. The number of aryl methyl sites for hydroxylation is 1. The second-order valence-electron chi connectivity index (χ2n) is 8.96. The van der Waals surface area contributed by atoms with Gasteiger partial charge in [0.25, 0.3) is 5.91 Å². The fraction of sp³-hybridized carbons (Fsp3) is 0.348. The molecule has 3 aromatic heterocycles. The van der Waals surface area contributed by atoms with Gasteiger partial charge in [0.15, 0.2) is 5.65 Å². The molecule has 0 radical (unpaired) electrons. The number of carbonyl (C=O) groups is 1. The number of pyridine rings is 1. The minimum Gasteiger partial charge on any atom is -0.296 e. The topological polar surface area (TPSA) is 85.6 Å². The van der Waals surface area contributed by atoms with E-state index in [-0.39, 0.29) is 17.4 Å². The lowest BCUT2D eigenvalue weighted by Crippen LogP contribution is -2.13. The van der Waals surface area contributed by atoms with Crippen molar-refractivity contribution in [2.24, 2.45) is 0 Å². The van der Waals surface area contributed by atoms with E-state index in [1.54, 1.807) is 6.20 Å². The molecule has 0 aliphatic rings. The molecule has 0 aliphatic heterocycles. The number of amides is 1. The number of nitrogens with one attached hydrogen (secondary N) is 1. The van der Waals surface area contributed by atoms with Gasteiger partial charge in [0, 0.05) is 17.0 Å². The summed E-state index contributed by atoms with van der Waals surface area (Å²) in [6.45, 7) is 12.3. The van der Waals surface area contributed by atoms with E-state index in [9.17, 15) is 4.79 Å². The first kappa shape index (κ1) is 21.1. The van der Waals surface area contributed by atoms with Gasteiger partial charge in [0.1, 0.15) is 5.01 Å². The van der Waals surface area contributed by atoms with E-state index in [2.05, 4.69) is 41.4 Å². The maximum atomic E-state index is 13.3. The molecule has 160 valence electrons. The second-order valence-corrected chi connectivity index (χ2v) is 9.94. The number of hydrogen-bond acceptors (Lipinski definition) is 6. The van der Waals surface area contributed by atoms with Crippen molar-refractivity contribution in [2.75, 3.05) is 5.32 Å². The molecule has 0 spiro atoms. The van der Waals surface area contributed by atoms with Crippen LogP contribution in [0, 0.1) is 6.92 Å². The summed E-state index contributed by atoms with van der Waals surface area (Å²) in [4.78, 5) is 18.1. The van der Waals surface area contributed by atoms with Crippen LogP contribution < -0.4 is 5.32 Å². The van der Waals surface area contributed by atoms with Gasteiger partial charge in [-0.2, -0.15) is 5.10 Å². The number of aromatic nitrogens is 5. The fourth-order valence-electron chi connectivity index (χ4n) is 3.20. The van der Waals surface area contributed by atoms with Crippen LogP contribution >= 0.6 is 11.3 Å². The largest absolute Gasteiger partial charge is 0.296 e. The highest BCUT2D eigenvalue weighted by atomic mass is 32.1. The molecule has 1 aromatic carbocycles. The summed E-state index contributed by atoms with van der Waals surface area (Å²) in [5, 5.41) is 17.8. The third-order valence-corrected chi connectivity index (χ3v) is 6.20. The predicted molar refractivity (Wildman–Crippen MR) is 125 cm³/mol. The summed E-state index contributed by atoms with van der Waals surface area (Å²) >= 11 is 1.39. The third-order valence-electron chi connectivity index (χ3n) is 4.93. The van der Waals surface area contributed by atoms with Crippen LogP contribution in [-0.2, 0) is 5.41 Å². The molecule has 3 heterocycles. The Hall–Kier alpha value is -3.13. The molecule has 0 saturated carbocycles. The van der Waals surface area contributed by atoms with Crippen LogP contribution in [0.3, 0.4) is 0 Å². The van der Waals surface area contributed by atoms with Crippen molar-refractivity contribution >= 4 is 33.4 Å². The van der Waals surface area contributed by atoms with Crippen molar-refractivity contribution in [1.82, 2.24) is 25.0 Å². The first-order valence-electron chi connectivity index (χ1n) is 10.2. The van der Waals surface area contributed by atoms with Crippen molar-refractivity contribution < 1.29 is 4.79 Å². The molecule has 4 rings (SSSR count). The van der Waals surface area contributed by atoms with Crippen LogP contribution in [0.15, 0.2) is 36.5 Å². The molecule has 1 amide bonds. The van der Waals surface area contributed by atoms with Crippen LogP contribution in [0.2, 0.25) is 0 Å². The minimum atomic E-state index is -0.249. The van der Waals surface area contributed by atoms with Gasteiger partial charge in [0.05, 0.1) is 22.8 Å². The quantitative estimate of drug-likeness (QED) is 0.465. The first-order valence-corrected chi connectivity index (χ1v) is 11.1. The lowest BCUT2D eigenvalue weighted by molar-refractivity contribution is 0.102. The third kappa shape index (κ3) is 4.20. The Labute approximate surface area is 185 Å². The molecule has 0 fully saturated rings. The summed E-state index contributed by atoms with van der Waals surface area (Å²) in [6, 6.07) is 10.0. The number of benzene rings is 1. The van der Waals surface area contributed by atoms with Gasteiger partial charge < -0.3 is 0 Å². The molecule has 0 aliphatic carbocycles. The Balaban J connectivity index is 1.79. The highest BCUT2D eigenvalue weighted by Crippen LogP contribution is 2.30. The monoisotopic (exact) mass is 434 g/mol. The zero-order chi connectivity index (χ0) is 22.3. The van der Waals surface area contributed by atoms with E-state index in [1.165, 1.54) is 16.9 Å². The van der Waals surface area contributed by atoms with Gasteiger partial charge >= 0.3 is 0 Å². The normalized spacial score (nSPS) is 12.0. The molecule has 8 heteroatoms. The van der Waals surface area contributed by atoms with Crippen molar-refractivity contribution in [1.29, 1.82) is 0 Å². The van der Waals surface area contributed by atoms with E-state index >= 15 is 0 Å². The highest BCUT2D eigenvalue weighted by Gasteiger charge is 2.22. The Kier molecular flexibility index (Phi) is 5.35. The summed E-state index contributed by atoms with van der Waals surface area (Å²) in [5.41, 5.74) is 3.92. The first-order chi connectivity index (χ1) is 14.6. The standard InChI is InChI=1S/C23H26N6OS/c1-13(2)29-19-17(12-24-29)16(11-18(25-19)15-9-7-14(3)8-10-15)20(30)26-22-28-27-21(31-22)23(4,5)6/h7-13H,1-6H3,(H,26,28,30). The van der Waals surface area contributed by atoms with Gasteiger partial charge in [-0.3, -0.25) is 10.1 Å². The zero-order valence-electron chi connectivity index (χ0n) is 18.6. The van der Waals surface area contributed by atoms with Gasteiger partial charge in [-0.25, -0.2) is 9.67 Å². The van der Waals surface area contributed by atoms with Crippen LogP contribution in [-0.4, -0.2) is 30.9 Å². The van der Waals surface area contributed by atoms with Crippen molar-refractivity contribution in [3.63, 3.8) is 0 Å². The van der Waals surface area contributed by atoms with Crippen molar-refractivity contribution in [3.8, 4) is 11.3 Å². The predicted octanol–water partition coefficient (Wildman–Crippen LogP) is 5.39. The Bertz CT molecular complexity index is 1250. The molecule has 31 heavy (non-hydrogen) atoms. The zero-order valence-corrected chi connectivity index (χ0v) is 19.4. The van der Waals surface area contributed by atoms with Gasteiger partial charge in [0.2, 0.25) is 5.13 Å². The molecule has 0 atom stereocenters. The summed E-state index contributed by atoms with van der Waals surface area (Å²) < 4.78 is 1.84. The molecule has 0 saturated heterocycles. The number of rotatable bonds is 4. The highest BCUT2D eigenvalue weighted by molar-refractivity contribution is 7.15. The average Bonchev–Trinajstić information content (AvgIpc) is 3.34. The fourth-order valence-corrected chi connectivity index (χ4v) is 3.99. The maximum absolute atomic E-state index is 13.3. The summed E-state index contributed by atoms with van der Waals surface area (Å²) in [6.07, 6.45) is 1.71. The van der Waals surface area contributed by atoms with Gasteiger partial charge in [-0.05, 0) is 26.8 Å². The van der Waals surface area contributed by atoms with Crippen LogP contribution in [0.4, 0.5) is 5.13 Å². The Morgan fingerprint density at radius 3 is 2.45 bits per heavy atom. The van der Waals surface area contributed by atoms with E-state index < -0.39 is 0 Å². The van der Waals surface area contributed by atoms with Crippen LogP contribution in [0.5, 0.6) is 0 Å². The molecular formula is C23H26N6OS. The van der Waals surface area contributed by atoms with E-state index in [0.29, 0.717) is 21.7 Å². The van der Waals surface area contributed by atoms with Crippen molar-refractivity contribution in [3.05, 3.63) is 52.7 Å². The van der Waals surface area contributed by atoms with E-state index in [1.807, 2.05) is 55.8 Å². The number of fused-ring (bicyclic) bond motifs is 1. The Morgan fingerprint density at radius 1 is 1.13 bits per heavy atom. The molecule has 1 N–H and O–H groups in total. The number of anilines is 1. The van der Waals surface area contributed by atoms with Crippen LogP contribution in [0.25, 0.3) is 22.3 Å². The van der Waals surface area contributed by atoms with Gasteiger partial charge in [-0.15, -0.1) is 10.2 Å². The molecule has 4 aromatic rings. The summed E-state index contributed by atoms with van der Waals surface area (Å²) in [5.74, 6) is -0.249. The molecule has 0 bridgehead atoms. The molecule has 7 nitrogen and oxygen atoms in total. The second kappa shape index (κ2) is 7.85. The average molecular weight is 435 g/mol. The lowest BCUT2D eigenvalue weighted by atomic mass is 9.98. The minimum absolute atomic E-state index is 0.117.